The van der Waals surface area contributed by atoms with Gasteiger partial charge in [-0.15, -0.1) is 11.3 Å². The Bertz CT molecular complexity index is 429. The minimum Gasteiger partial charge on any atom is -0.466 e. The van der Waals surface area contributed by atoms with Crippen molar-refractivity contribution in [3.63, 3.8) is 0 Å². The Morgan fingerprint density at radius 2 is 2.26 bits per heavy atom. The van der Waals surface area contributed by atoms with Gasteiger partial charge in [0.15, 0.2) is 0 Å². The number of aliphatic hydroxyl groups excluding tert-OH is 1. The van der Waals surface area contributed by atoms with Gasteiger partial charge < -0.3 is 9.84 Å². The monoisotopic (exact) mass is 347 g/mol. The van der Waals surface area contributed by atoms with Crippen LogP contribution in [-0.4, -0.2) is 22.7 Å². The van der Waals surface area contributed by atoms with Crippen LogP contribution in [0, 0.1) is 11.8 Å². The highest BCUT2D eigenvalue weighted by Gasteiger charge is 2.32. The Morgan fingerprint density at radius 1 is 1.58 bits per heavy atom. The summed E-state index contributed by atoms with van der Waals surface area (Å²) in [6, 6.07) is 0. The van der Waals surface area contributed by atoms with Gasteiger partial charge in [-0.05, 0) is 54.5 Å². The minimum absolute atomic E-state index is 0.00595. The van der Waals surface area contributed by atoms with Crippen molar-refractivity contribution < 1.29 is 14.6 Å². The molecular formula is C13H18BrNO3S. The van der Waals surface area contributed by atoms with Gasteiger partial charge in [0.25, 0.3) is 0 Å². The summed E-state index contributed by atoms with van der Waals surface area (Å²) in [5, 5.41) is 11.1. The first-order valence-corrected chi connectivity index (χ1v) is 8.18. The number of ether oxygens (including phenoxy) is 1. The molecule has 1 unspecified atom stereocenters. The second-order valence-corrected chi connectivity index (χ2v) is 7.25. The number of carbonyl (C=O) groups excluding carboxylic acids is 1. The van der Waals surface area contributed by atoms with E-state index in [0.29, 0.717) is 6.61 Å². The smallest absolute Gasteiger partial charge is 0.308 e. The van der Waals surface area contributed by atoms with Crippen LogP contribution in [0.3, 0.4) is 0 Å². The first kappa shape index (κ1) is 14.9. The van der Waals surface area contributed by atoms with Gasteiger partial charge in [0.2, 0.25) is 0 Å². The van der Waals surface area contributed by atoms with Gasteiger partial charge in [0.05, 0.1) is 22.5 Å². The Labute approximate surface area is 125 Å². The highest BCUT2D eigenvalue weighted by Crippen LogP contribution is 2.38. The Balaban J connectivity index is 1.87. The molecule has 0 radical (unpaired) electrons. The molecule has 4 nitrogen and oxygen atoms in total. The van der Waals surface area contributed by atoms with Crippen molar-refractivity contribution in [2.45, 2.75) is 38.7 Å². The zero-order valence-corrected chi connectivity index (χ0v) is 13.2. The van der Waals surface area contributed by atoms with E-state index in [0.717, 1.165) is 34.5 Å². The van der Waals surface area contributed by atoms with Gasteiger partial charge in [-0.1, -0.05) is 0 Å². The SMILES string of the molecule is CCOC(=O)[C@H]1CC[C@@H](C(O)c2ncc(Br)s2)CC1. The van der Waals surface area contributed by atoms with E-state index in [-0.39, 0.29) is 17.8 Å². The molecule has 2 rings (SSSR count). The molecule has 1 aliphatic carbocycles. The van der Waals surface area contributed by atoms with Gasteiger partial charge >= 0.3 is 5.97 Å². The number of thiazole rings is 1. The number of halogens is 1. The fourth-order valence-corrected chi connectivity index (χ4v) is 3.86. The molecular weight excluding hydrogens is 330 g/mol. The largest absolute Gasteiger partial charge is 0.466 e. The predicted molar refractivity (Wildman–Crippen MR) is 76.9 cm³/mol. The van der Waals surface area contributed by atoms with Gasteiger partial charge in [0, 0.05) is 0 Å². The molecule has 0 bridgehead atoms. The molecule has 1 aliphatic rings. The lowest BCUT2D eigenvalue weighted by Crippen LogP contribution is -2.26. The average molecular weight is 348 g/mol. The quantitative estimate of drug-likeness (QED) is 0.848. The zero-order valence-electron chi connectivity index (χ0n) is 10.8. The van der Waals surface area contributed by atoms with Crippen LogP contribution < -0.4 is 0 Å². The van der Waals surface area contributed by atoms with E-state index in [2.05, 4.69) is 20.9 Å². The molecule has 1 aromatic heterocycles. The summed E-state index contributed by atoms with van der Waals surface area (Å²) < 4.78 is 5.98. The molecule has 0 amide bonds. The van der Waals surface area contributed by atoms with Crippen molar-refractivity contribution in [3.8, 4) is 0 Å². The van der Waals surface area contributed by atoms with Crippen molar-refractivity contribution in [1.82, 2.24) is 4.98 Å². The van der Waals surface area contributed by atoms with Gasteiger partial charge in [-0.25, -0.2) is 4.98 Å². The fraction of sp³-hybridized carbons (Fsp3) is 0.692. The third-order valence-electron chi connectivity index (χ3n) is 3.59. The van der Waals surface area contributed by atoms with Crippen molar-refractivity contribution >= 4 is 33.2 Å². The van der Waals surface area contributed by atoms with Crippen LogP contribution in [0.4, 0.5) is 0 Å². The van der Waals surface area contributed by atoms with Crippen molar-refractivity contribution in [2.24, 2.45) is 11.8 Å². The van der Waals surface area contributed by atoms with E-state index in [9.17, 15) is 9.90 Å². The summed E-state index contributed by atoms with van der Waals surface area (Å²) in [7, 11) is 0. The molecule has 19 heavy (non-hydrogen) atoms. The van der Waals surface area contributed by atoms with Crippen LogP contribution in [0.25, 0.3) is 0 Å². The van der Waals surface area contributed by atoms with E-state index >= 15 is 0 Å². The van der Waals surface area contributed by atoms with Crippen LogP contribution in [0.5, 0.6) is 0 Å². The van der Waals surface area contributed by atoms with E-state index in [4.69, 9.17) is 4.74 Å². The maximum absolute atomic E-state index is 11.6. The zero-order chi connectivity index (χ0) is 13.8. The van der Waals surface area contributed by atoms with Crippen LogP contribution in [-0.2, 0) is 9.53 Å². The van der Waals surface area contributed by atoms with Gasteiger partial charge in [-0.3, -0.25) is 4.79 Å². The van der Waals surface area contributed by atoms with Crippen molar-refractivity contribution in [3.05, 3.63) is 15.0 Å². The lowest BCUT2D eigenvalue weighted by atomic mass is 9.79. The Morgan fingerprint density at radius 3 is 2.79 bits per heavy atom. The third-order valence-corrected chi connectivity index (χ3v) is 5.13. The summed E-state index contributed by atoms with van der Waals surface area (Å²) in [5.74, 6) is 0.114. The molecule has 1 N–H and O–H groups in total. The van der Waals surface area contributed by atoms with E-state index in [1.165, 1.54) is 11.3 Å². The summed E-state index contributed by atoms with van der Waals surface area (Å²) in [4.78, 5) is 15.9. The number of rotatable bonds is 4. The van der Waals surface area contributed by atoms with Crippen LogP contribution in [0.2, 0.25) is 0 Å². The van der Waals surface area contributed by atoms with E-state index in [1.54, 1.807) is 6.20 Å². The van der Waals surface area contributed by atoms with Gasteiger partial charge in [-0.2, -0.15) is 0 Å². The summed E-state index contributed by atoms with van der Waals surface area (Å²) in [6.45, 7) is 2.27. The molecule has 106 valence electrons. The number of aliphatic hydroxyl groups is 1. The topological polar surface area (TPSA) is 59.4 Å². The number of hydrogen-bond acceptors (Lipinski definition) is 5. The average Bonchev–Trinajstić information content (AvgIpc) is 2.85. The van der Waals surface area contributed by atoms with E-state index < -0.39 is 6.10 Å². The maximum atomic E-state index is 11.6. The van der Waals surface area contributed by atoms with Crippen LogP contribution in [0.1, 0.15) is 43.7 Å². The standard InChI is InChI=1S/C13H18BrNO3S/c1-2-18-13(17)9-5-3-8(4-6-9)11(16)12-15-7-10(14)19-12/h7-9,11,16H,2-6H2,1H3/t8-,9+,11?. The normalized spacial score (nSPS) is 25.0. The first-order chi connectivity index (χ1) is 9.11. The molecule has 1 heterocycles. The second-order valence-electron chi connectivity index (χ2n) is 4.81. The van der Waals surface area contributed by atoms with Gasteiger partial charge in [0.1, 0.15) is 11.1 Å². The van der Waals surface area contributed by atoms with Crippen LogP contribution >= 0.6 is 27.3 Å². The van der Waals surface area contributed by atoms with E-state index in [1.807, 2.05) is 6.92 Å². The van der Waals surface area contributed by atoms with Crippen LogP contribution in [0.15, 0.2) is 9.98 Å². The third kappa shape index (κ3) is 3.77. The molecule has 1 fully saturated rings. The highest BCUT2D eigenvalue weighted by atomic mass is 79.9. The molecule has 0 saturated heterocycles. The number of hydrogen-bond donors (Lipinski definition) is 1. The fourth-order valence-electron chi connectivity index (χ4n) is 2.54. The van der Waals surface area contributed by atoms with Crippen molar-refractivity contribution in [2.75, 3.05) is 6.61 Å². The molecule has 0 spiro atoms. The molecule has 1 saturated carbocycles. The Hall–Kier alpha value is -0.460. The number of esters is 1. The molecule has 1 aromatic rings. The summed E-state index contributed by atoms with van der Waals surface area (Å²) >= 11 is 4.82. The predicted octanol–water partition coefficient (Wildman–Crippen LogP) is 3.31. The minimum atomic E-state index is -0.514. The molecule has 0 aromatic carbocycles. The highest BCUT2D eigenvalue weighted by molar-refractivity contribution is 9.11. The number of nitrogens with zero attached hydrogens (tertiary/aromatic N) is 1. The Kier molecular flexibility index (Phi) is 5.36. The second kappa shape index (κ2) is 6.81. The molecule has 6 heteroatoms. The number of aromatic nitrogens is 1. The lowest BCUT2D eigenvalue weighted by Gasteiger charge is -2.29. The number of carbonyl (C=O) groups is 1. The summed E-state index contributed by atoms with van der Waals surface area (Å²) in [5.41, 5.74) is 0. The molecule has 0 aliphatic heterocycles. The molecule has 1 atom stereocenters. The lowest BCUT2D eigenvalue weighted by molar-refractivity contribution is -0.149. The maximum Gasteiger partial charge on any atom is 0.308 e. The first-order valence-electron chi connectivity index (χ1n) is 6.57. The van der Waals surface area contributed by atoms with Crippen molar-refractivity contribution in [1.29, 1.82) is 0 Å². The summed E-state index contributed by atoms with van der Waals surface area (Å²) in [6.07, 6.45) is 4.50.